The predicted octanol–water partition coefficient (Wildman–Crippen LogP) is 2.22. The van der Waals surface area contributed by atoms with Crippen LogP contribution in [0.15, 0.2) is 53.5 Å². The monoisotopic (exact) mass is 363 g/mol. The summed E-state index contributed by atoms with van der Waals surface area (Å²) in [4.78, 5) is 4.32. The molecule has 7 nitrogen and oxygen atoms in total. The molecule has 0 unspecified atom stereocenters. The normalized spacial score (nSPS) is 11.7. The molecule has 0 aliphatic heterocycles. The van der Waals surface area contributed by atoms with E-state index in [4.69, 9.17) is 9.47 Å². The number of aliphatic imine (C=N–C) groups is 1. The number of methoxy groups -OCH3 is 2. The first-order valence-electron chi connectivity index (χ1n) is 7.46. The summed E-state index contributed by atoms with van der Waals surface area (Å²) in [5.74, 6) is 1.22. The van der Waals surface area contributed by atoms with Gasteiger partial charge >= 0.3 is 0 Å². The number of hydrogen-bond donors (Lipinski definition) is 2. The van der Waals surface area contributed by atoms with Crippen LogP contribution in [0.5, 0.6) is 11.5 Å². The third-order valence-electron chi connectivity index (χ3n) is 3.19. The maximum Gasteiger partial charge on any atom is 0.232 e. The summed E-state index contributed by atoms with van der Waals surface area (Å²) < 4.78 is 36.0. The summed E-state index contributed by atoms with van der Waals surface area (Å²) in [6.07, 6.45) is 1.07. The predicted molar refractivity (Wildman–Crippen MR) is 98.7 cm³/mol. The van der Waals surface area contributed by atoms with Crippen LogP contribution in [-0.2, 0) is 16.6 Å². The summed E-state index contributed by atoms with van der Waals surface area (Å²) >= 11 is 0. The molecule has 0 saturated heterocycles. The minimum Gasteiger partial charge on any atom is -0.493 e. The van der Waals surface area contributed by atoms with Crippen molar-refractivity contribution >= 4 is 21.7 Å². The Bertz CT molecular complexity index is 836. The molecule has 0 atom stereocenters. The number of hydrogen-bond acceptors (Lipinski definition) is 5. The molecule has 8 heteroatoms. The molecular formula is C17H21N3O4S. The molecule has 0 aliphatic carbocycles. The van der Waals surface area contributed by atoms with Gasteiger partial charge in [0.1, 0.15) is 0 Å². The maximum atomic E-state index is 11.6. The fraction of sp³-hybridized carbons (Fsp3) is 0.235. The Morgan fingerprint density at radius 2 is 1.72 bits per heavy atom. The standard InChI is InChI=1S/C17H21N3O4S/c1-23-15-10-9-14(11-16(15)24-2)19-17(20-25(3,21)22)18-12-13-7-5-4-6-8-13/h4-11H,12H2,1-3H3,(H2,18,19,20). The van der Waals surface area contributed by atoms with Gasteiger partial charge in [-0.1, -0.05) is 30.3 Å². The van der Waals surface area contributed by atoms with Crippen LogP contribution >= 0.6 is 0 Å². The highest BCUT2D eigenvalue weighted by Gasteiger charge is 2.10. The van der Waals surface area contributed by atoms with Crippen molar-refractivity contribution in [2.24, 2.45) is 4.99 Å². The summed E-state index contributed by atoms with van der Waals surface area (Å²) in [6, 6.07) is 14.7. The van der Waals surface area contributed by atoms with E-state index in [1.165, 1.54) is 7.11 Å². The quantitative estimate of drug-likeness (QED) is 0.607. The number of anilines is 1. The average molecular weight is 363 g/mol. The number of rotatable bonds is 6. The van der Waals surface area contributed by atoms with Crippen LogP contribution in [0.1, 0.15) is 5.56 Å². The van der Waals surface area contributed by atoms with Gasteiger partial charge in [0, 0.05) is 11.8 Å². The Morgan fingerprint density at radius 1 is 1.04 bits per heavy atom. The van der Waals surface area contributed by atoms with Crippen molar-refractivity contribution in [1.29, 1.82) is 0 Å². The average Bonchev–Trinajstić information content (AvgIpc) is 2.59. The molecule has 0 spiro atoms. The summed E-state index contributed by atoms with van der Waals surface area (Å²) in [5.41, 5.74) is 1.57. The molecule has 0 fully saturated rings. The molecule has 0 aliphatic rings. The summed E-state index contributed by atoms with van der Waals surface area (Å²) in [7, 11) is -0.402. The molecule has 0 bridgehead atoms. The molecule has 0 saturated carbocycles. The molecule has 0 radical (unpaired) electrons. The minimum absolute atomic E-state index is 0.124. The third kappa shape index (κ3) is 6.00. The van der Waals surface area contributed by atoms with Crippen molar-refractivity contribution in [2.75, 3.05) is 25.8 Å². The Kier molecular flexibility index (Phi) is 6.24. The summed E-state index contributed by atoms with van der Waals surface area (Å²) in [5, 5.41) is 2.96. The van der Waals surface area contributed by atoms with Crippen LogP contribution in [0.3, 0.4) is 0 Å². The van der Waals surface area contributed by atoms with Gasteiger partial charge in [0.25, 0.3) is 0 Å². The lowest BCUT2D eigenvalue weighted by Gasteiger charge is -2.13. The van der Waals surface area contributed by atoms with Gasteiger partial charge in [-0.2, -0.15) is 0 Å². The zero-order chi connectivity index (χ0) is 18.3. The summed E-state index contributed by atoms with van der Waals surface area (Å²) in [6.45, 7) is 0.332. The highest BCUT2D eigenvalue weighted by atomic mass is 32.2. The van der Waals surface area contributed by atoms with E-state index in [9.17, 15) is 8.42 Å². The smallest absolute Gasteiger partial charge is 0.232 e. The van der Waals surface area contributed by atoms with Gasteiger partial charge in [-0.15, -0.1) is 0 Å². The molecule has 0 amide bonds. The van der Waals surface area contributed by atoms with E-state index in [1.807, 2.05) is 30.3 Å². The lowest BCUT2D eigenvalue weighted by molar-refractivity contribution is 0.355. The van der Waals surface area contributed by atoms with E-state index < -0.39 is 10.0 Å². The van der Waals surface area contributed by atoms with Crippen molar-refractivity contribution in [1.82, 2.24) is 4.72 Å². The van der Waals surface area contributed by atoms with Crippen molar-refractivity contribution in [2.45, 2.75) is 6.54 Å². The van der Waals surface area contributed by atoms with Crippen LogP contribution in [0, 0.1) is 0 Å². The van der Waals surface area contributed by atoms with E-state index in [0.717, 1.165) is 11.8 Å². The number of guanidine groups is 1. The highest BCUT2D eigenvalue weighted by molar-refractivity contribution is 7.89. The molecule has 2 rings (SSSR count). The molecule has 2 aromatic carbocycles. The van der Waals surface area contributed by atoms with Crippen LogP contribution in [0.25, 0.3) is 0 Å². The number of sulfonamides is 1. The number of nitrogens with zero attached hydrogens (tertiary/aromatic N) is 1. The fourth-order valence-corrected chi connectivity index (χ4v) is 2.54. The highest BCUT2D eigenvalue weighted by Crippen LogP contribution is 2.29. The van der Waals surface area contributed by atoms with Gasteiger partial charge < -0.3 is 14.8 Å². The van der Waals surface area contributed by atoms with Gasteiger partial charge in [0.15, 0.2) is 11.5 Å². The van der Waals surface area contributed by atoms with E-state index in [1.54, 1.807) is 25.3 Å². The molecule has 2 N–H and O–H groups in total. The van der Waals surface area contributed by atoms with Gasteiger partial charge in [0.2, 0.25) is 16.0 Å². The van der Waals surface area contributed by atoms with Crippen molar-refractivity contribution < 1.29 is 17.9 Å². The van der Waals surface area contributed by atoms with E-state index in [-0.39, 0.29) is 5.96 Å². The fourth-order valence-electron chi connectivity index (χ4n) is 2.08. The molecule has 25 heavy (non-hydrogen) atoms. The third-order valence-corrected chi connectivity index (χ3v) is 3.76. The van der Waals surface area contributed by atoms with E-state index in [2.05, 4.69) is 15.0 Å². The zero-order valence-corrected chi connectivity index (χ0v) is 15.1. The molecule has 134 valence electrons. The van der Waals surface area contributed by atoms with Gasteiger partial charge in [-0.05, 0) is 17.7 Å². The lowest BCUT2D eigenvalue weighted by atomic mass is 10.2. The topological polar surface area (TPSA) is 89.0 Å². The Morgan fingerprint density at radius 3 is 2.32 bits per heavy atom. The second-order valence-electron chi connectivity index (χ2n) is 5.22. The van der Waals surface area contributed by atoms with Crippen molar-refractivity contribution in [3.8, 4) is 11.5 Å². The SMILES string of the molecule is COc1ccc(NC(=NCc2ccccc2)NS(C)(=O)=O)cc1OC. The maximum absolute atomic E-state index is 11.6. The molecule has 0 heterocycles. The molecule has 2 aromatic rings. The molecule has 0 aromatic heterocycles. The van der Waals surface area contributed by atoms with Gasteiger partial charge in [-0.3, -0.25) is 4.72 Å². The number of ether oxygens (including phenoxy) is 2. The van der Waals surface area contributed by atoms with Crippen molar-refractivity contribution in [3.63, 3.8) is 0 Å². The van der Waals surface area contributed by atoms with Crippen LogP contribution in [-0.4, -0.2) is 34.9 Å². The minimum atomic E-state index is -3.48. The Hall–Kier alpha value is -2.74. The number of nitrogens with one attached hydrogen (secondary N) is 2. The lowest BCUT2D eigenvalue weighted by Crippen LogP contribution is -2.35. The van der Waals surface area contributed by atoms with Crippen LogP contribution < -0.4 is 19.5 Å². The van der Waals surface area contributed by atoms with Gasteiger partial charge in [-0.25, -0.2) is 13.4 Å². The van der Waals surface area contributed by atoms with Crippen LogP contribution in [0.4, 0.5) is 5.69 Å². The second-order valence-corrected chi connectivity index (χ2v) is 6.97. The first kappa shape index (κ1) is 18.6. The van der Waals surface area contributed by atoms with E-state index in [0.29, 0.717) is 23.7 Å². The van der Waals surface area contributed by atoms with Gasteiger partial charge in [0.05, 0.1) is 27.0 Å². The second kappa shape index (κ2) is 8.39. The van der Waals surface area contributed by atoms with Crippen molar-refractivity contribution in [3.05, 3.63) is 54.1 Å². The van der Waals surface area contributed by atoms with E-state index >= 15 is 0 Å². The molecular weight excluding hydrogens is 342 g/mol. The first-order valence-corrected chi connectivity index (χ1v) is 9.35. The zero-order valence-electron chi connectivity index (χ0n) is 14.3. The first-order chi connectivity index (χ1) is 11.9. The number of benzene rings is 2. The van der Waals surface area contributed by atoms with Crippen LogP contribution in [0.2, 0.25) is 0 Å². The Labute approximate surface area is 147 Å². The Balaban J connectivity index is 2.24. The largest absolute Gasteiger partial charge is 0.493 e.